The molecule has 0 aromatic carbocycles. The Balaban J connectivity index is 4.22. The summed E-state index contributed by atoms with van der Waals surface area (Å²) in [5, 5.41) is 0. The van der Waals surface area contributed by atoms with E-state index in [1.165, 1.54) is 0 Å². The monoisotopic (exact) mass is 237 g/mol. The second-order valence-electron chi connectivity index (χ2n) is 3.42. The van der Waals surface area contributed by atoms with Gasteiger partial charge in [0, 0.05) is 29.5 Å². The fraction of sp³-hybridized carbons (Fsp3) is 1.00. The van der Waals surface area contributed by atoms with Gasteiger partial charge >= 0.3 is 0 Å². The molecule has 0 N–H and O–H groups in total. The molecule has 0 saturated heterocycles. The Labute approximate surface area is 92.2 Å². The van der Waals surface area contributed by atoms with Gasteiger partial charge in [0.25, 0.3) is 0 Å². The van der Waals surface area contributed by atoms with Crippen molar-refractivity contribution in [3.8, 4) is 0 Å². The van der Waals surface area contributed by atoms with Crippen molar-refractivity contribution < 1.29 is 0 Å². The van der Waals surface area contributed by atoms with Gasteiger partial charge in [-0.1, -0.05) is 13.8 Å². The zero-order valence-electron chi connectivity index (χ0n) is 10.7. The van der Waals surface area contributed by atoms with Crippen LogP contribution in [0.5, 0.6) is 0 Å². The molecule has 86 valence electrons. The highest BCUT2D eigenvalue weighted by molar-refractivity contribution is 7.67. The number of hydrogen-bond acceptors (Lipinski definition) is 3. The molecule has 0 radical (unpaired) electrons. The fourth-order valence-corrected chi connectivity index (χ4v) is 5.06. The molecule has 0 aliphatic heterocycles. The summed E-state index contributed by atoms with van der Waals surface area (Å²) < 4.78 is 7.38. The molecule has 5 heteroatoms. The molecule has 0 fully saturated rings. The van der Waals surface area contributed by atoms with Crippen LogP contribution in [0.3, 0.4) is 0 Å². The molecule has 0 spiro atoms. The maximum atomic E-state index is 2.53. The average molecular weight is 237 g/mol. The summed E-state index contributed by atoms with van der Waals surface area (Å²) in [7, 11) is 6.40. The van der Waals surface area contributed by atoms with Crippen LogP contribution in [0.15, 0.2) is 0 Å². The lowest BCUT2D eigenvalue weighted by Crippen LogP contribution is -2.24. The first-order valence-corrected chi connectivity index (χ1v) is 8.47. The summed E-state index contributed by atoms with van der Waals surface area (Å²) in [5.74, 6) is 0. The quantitative estimate of drug-likeness (QED) is 0.658. The Bertz CT molecular complexity index is 141. The average Bonchev–Trinajstić information content (AvgIpc) is 2.23. The van der Waals surface area contributed by atoms with E-state index in [0.717, 1.165) is 13.1 Å². The topological polar surface area (TPSA) is 9.72 Å². The van der Waals surface area contributed by atoms with Gasteiger partial charge in [-0.25, -0.2) is 4.44 Å². The highest BCUT2D eigenvalue weighted by Crippen LogP contribution is 2.53. The van der Waals surface area contributed by atoms with Gasteiger partial charge in [0.1, 0.15) is 0 Å². The van der Waals surface area contributed by atoms with Crippen molar-refractivity contribution >= 4 is 16.4 Å². The highest BCUT2D eigenvalue weighted by Gasteiger charge is 2.20. The predicted octanol–water partition coefficient (Wildman–Crippen LogP) is 2.71. The number of rotatable bonds is 6. The largest absolute Gasteiger partial charge is 0.273 e. The van der Waals surface area contributed by atoms with Crippen LogP contribution < -0.4 is 0 Å². The molecule has 0 rings (SSSR count). The SMILES string of the molecule is CCN(C)P(C)N(C)P(C)N(C)CC. The maximum Gasteiger partial charge on any atom is 0.0403 e. The smallest absolute Gasteiger partial charge is 0.0403 e. The minimum absolute atomic E-state index is 0.127. The Kier molecular flexibility index (Phi) is 7.46. The Hall–Kier alpha value is 0.740. The lowest BCUT2D eigenvalue weighted by atomic mass is 10.8. The lowest BCUT2D eigenvalue weighted by Gasteiger charge is -2.38. The lowest BCUT2D eigenvalue weighted by molar-refractivity contribution is 0.531. The van der Waals surface area contributed by atoms with E-state index in [-0.39, 0.29) is 16.4 Å². The van der Waals surface area contributed by atoms with Crippen molar-refractivity contribution in [1.82, 2.24) is 13.8 Å². The van der Waals surface area contributed by atoms with Crippen molar-refractivity contribution in [3.63, 3.8) is 0 Å². The van der Waals surface area contributed by atoms with Gasteiger partial charge < -0.3 is 0 Å². The summed E-state index contributed by atoms with van der Waals surface area (Å²) in [5.41, 5.74) is 0. The maximum absolute atomic E-state index is 2.53. The first-order valence-electron chi connectivity index (χ1n) is 5.08. The van der Waals surface area contributed by atoms with E-state index in [0.29, 0.717) is 0 Å². The number of nitrogens with zero attached hydrogens (tertiary/aromatic N) is 3. The summed E-state index contributed by atoms with van der Waals surface area (Å²) in [6.07, 6.45) is 0. The van der Waals surface area contributed by atoms with Gasteiger partial charge in [0.15, 0.2) is 0 Å². The minimum Gasteiger partial charge on any atom is -0.273 e. The molecule has 0 bridgehead atoms. The zero-order chi connectivity index (χ0) is 11.3. The van der Waals surface area contributed by atoms with Crippen LogP contribution in [0.1, 0.15) is 13.8 Å². The molecular weight excluding hydrogens is 212 g/mol. The van der Waals surface area contributed by atoms with E-state index in [9.17, 15) is 0 Å². The second kappa shape index (κ2) is 7.09. The molecular formula is C9H25N3P2. The van der Waals surface area contributed by atoms with Crippen molar-refractivity contribution in [2.24, 2.45) is 0 Å². The first kappa shape index (κ1) is 14.7. The summed E-state index contributed by atoms with van der Waals surface area (Å²) in [6.45, 7) is 11.4. The van der Waals surface area contributed by atoms with Crippen molar-refractivity contribution in [2.75, 3.05) is 47.6 Å². The molecule has 0 aliphatic rings. The van der Waals surface area contributed by atoms with Crippen LogP contribution in [0.4, 0.5) is 0 Å². The van der Waals surface area contributed by atoms with Crippen LogP contribution >= 0.6 is 16.4 Å². The Morgan fingerprint density at radius 3 is 1.29 bits per heavy atom. The highest BCUT2D eigenvalue weighted by atomic mass is 31.2. The van der Waals surface area contributed by atoms with Crippen LogP contribution in [0, 0.1) is 0 Å². The summed E-state index contributed by atoms with van der Waals surface area (Å²) >= 11 is 0. The van der Waals surface area contributed by atoms with Crippen molar-refractivity contribution in [3.05, 3.63) is 0 Å². The van der Waals surface area contributed by atoms with Gasteiger partial charge in [-0.15, -0.1) is 0 Å². The van der Waals surface area contributed by atoms with E-state index >= 15 is 0 Å². The molecule has 0 aliphatic carbocycles. The molecule has 0 aromatic rings. The molecule has 14 heavy (non-hydrogen) atoms. The van der Waals surface area contributed by atoms with Crippen molar-refractivity contribution in [2.45, 2.75) is 13.8 Å². The van der Waals surface area contributed by atoms with Gasteiger partial charge in [-0.05, 0) is 34.5 Å². The summed E-state index contributed by atoms with van der Waals surface area (Å²) in [4.78, 5) is 0. The number of hydrogen-bond donors (Lipinski definition) is 0. The van der Waals surface area contributed by atoms with Gasteiger partial charge in [0.05, 0.1) is 0 Å². The molecule has 3 nitrogen and oxygen atoms in total. The van der Waals surface area contributed by atoms with E-state index in [4.69, 9.17) is 0 Å². The van der Waals surface area contributed by atoms with Gasteiger partial charge in [-0.3, -0.25) is 9.34 Å². The molecule has 2 unspecified atom stereocenters. The minimum atomic E-state index is -0.127. The van der Waals surface area contributed by atoms with E-state index in [1.807, 2.05) is 0 Å². The third-order valence-electron chi connectivity index (χ3n) is 2.74. The molecule has 0 amide bonds. The predicted molar refractivity (Wildman–Crippen MR) is 70.1 cm³/mol. The molecule has 0 saturated carbocycles. The summed E-state index contributed by atoms with van der Waals surface area (Å²) in [6, 6.07) is 0. The third kappa shape index (κ3) is 4.08. The van der Waals surface area contributed by atoms with E-state index in [2.05, 4.69) is 62.1 Å². The third-order valence-corrected chi connectivity index (χ3v) is 8.51. The Morgan fingerprint density at radius 1 is 0.786 bits per heavy atom. The van der Waals surface area contributed by atoms with Crippen LogP contribution in [-0.2, 0) is 0 Å². The molecule has 0 heterocycles. The van der Waals surface area contributed by atoms with Crippen LogP contribution in [-0.4, -0.2) is 61.3 Å². The normalized spacial score (nSPS) is 16.7. The molecule has 2 atom stereocenters. The first-order chi connectivity index (χ1) is 6.45. The van der Waals surface area contributed by atoms with Gasteiger partial charge in [0.2, 0.25) is 0 Å². The van der Waals surface area contributed by atoms with E-state index in [1.54, 1.807) is 0 Å². The van der Waals surface area contributed by atoms with Crippen LogP contribution in [0.25, 0.3) is 0 Å². The van der Waals surface area contributed by atoms with Crippen LogP contribution in [0.2, 0.25) is 0 Å². The van der Waals surface area contributed by atoms with Crippen molar-refractivity contribution in [1.29, 1.82) is 0 Å². The van der Waals surface area contributed by atoms with Gasteiger partial charge in [-0.2, -0.15) is 0 Å². The Morgan fingerprint density at radius 2 is 1.07 bits per heavy atom. The van der Waals surface area contributed by atoms with E-state index < -0.39 is 0 Å². The molecule has 0 aromatic heterocycles. The standard InChI is InChI=1S/C9H25N3P2/c1-8-10(3)13(6)12(5)14(7)11(4)9-2/h8-9H2,1-7H3. The second-order valence-corrected chi connectivity index (χ2v) is 8.26. The zero-order valence-corrected chi connectivity index (χ0v) is 12.4. The fourth-order valence-electron chi connectivity index (χ4n) is 1.04.